The fourth-order valence-electron chi connectivity index (χ4n) is 0.945. The molecule has 0 unspecified atom stereocenters. The Morgan fingerprint density at radius 3 is 2.92 bits per heavy atom. The third-order valence-electron chi connectivity index (χ3n) is 1.57. The minimum Gasteiger partial charge on any atom is -0.381 e. The van der Waals surface area contributed by atoms with Crippen LogP contribution in [0.25, 0.3) is 0 Å². The van der Waals surface area contributed by atoms with Gasteiger partial charge in [-0.25, -0.2) is 4.39 Å². The van der Waals surface area contributed by atoms with Gasteiger partial charge in [0, 0.05) is 12.3 Å². The van der Waals surface area contributed by atoms with Crippen molar-refractivity contribution >= 4 is 29.1 Å². The molecule has 1 rings (SSSR count). The van der Waals surface area contributed by atoms with E-state index < -0.39 is 0 Å². The van der Waals surface area contributed by atoms with Crippen molar-refractivity contribution in [3.05, 3.63) is 29.0 Å². The lowest BCUT2D eigenvalue weighted by Gasteiger charge is -2.07. The first-order valence-electron chi connectivity index (χ1n) is 3.92. The Balaban J connectivity index is 2.64. The van der Waals surface area contributed by atoms with Crippen molar-refractivity contribution in [2.24, 2.45) is 0 Å². The highest BCUT2D eigenvalue weighted by Gasteiger charge is 2.04. The highest BCUT2D eigenvalue weighted by atomic mass is 35.5. The summed E-state index contributed by atoms with van der Waals surface area (Å²) in [4.78, 5) is 0. The van der Waals surface area contributed by atoms with Gasteiger partial charge in [-0.3, -0.25) is 0 Å². The van der Waals surface area contributed by atoms with Crippen LogP contribution in [0.3, 0.4) is 0 Å². The number of hydrogen-bond acceptors (Lipinski definition) is 2. The van der Waals surface area contributed by atoms with E-state index >= 15 is 0 Å². The third kappa shape index (κ3) is 3.08. The van der Waals surface area contributed by atoms with Crippen LogP contribution in [0.5, 0.6) is 0 Å². The van der Waals surface area contributed by atoms with Gasteiger partial charge < -0.3 is 5.32 Å². The molecule has 0 fully saturated rings. The van der Waals surface area contributed by atoms with Crippen LogP contribution in [-0.4, -0.2) is 18.6 Å². The predicted octanol–water partition coefficient (Wildman–Crippen LogP) is 3.25. The molecule has 1 aromatic rings. The number of rotatable bonds is 4. The molecular weight excluding hydrogens is 209 g/mol. The molecule has 1 N–H and O–H groups in total. The van der Waals surface area contributed by atoms with Crippen molar-refractivity contribution < 1.29 is 4.39 Å². The maximum Gasteiger partial charge on any atom is 0.147 e. The Morgan fingerprint density at radius 1 is 1.54 bits per heavy atom. The summed E-state index contributed by atoms with van der Waals surface area (Å²) in [6.07, 6.45) is 2.00. The second kappa shape index (κ2) is 5.35. The topological polar surface area (TPSA) is 12.0 Å². The van der Waals surface area contributed by atoms with E-state index in [1.165, 1.54) is 6.07 Å². The highest BCUT2D eigenvalue weighted by molar-refractivity contribution is 7.98. The monoisotopic (exact) mass is 219 g/mol. The molecule has 0 atom stereocenters. The number of benzene rings is 1. The van der Waals surface area contributed by atoms with Crippen molar-refractivity contribution in [1.29, 1.82) is 0 Å². The maximum atomic E-state index is 13.1. The third-order valence-corrected chi connectivity index (χ3v) is 2.50. The summed E-state index contributed by atoms with van der Waals surface area (Å²) in [5.74, 6) is 0.638. The molecule has 0 bridgehead atoms. The average molecular weight is 220 g/mol. The molecule has 0 saturated carbocycles. The van der Waals surface area contributed by atoms with E-state index in [1.807, 2.05) is 6.26 Å². The molecule has 72 valence electrons. The molecule has 0 aliphatic carbocycles. The summed E-state index contributed by atoms with van der Waals surface area (Å²) in [6, 6.07) is 4.66. The zero-order valence-corrected chi connectivity index (χ0v) is 8.88. The maximum absolute atomic E-state index is 13.1. The van der Waals surface area contributed by atoms with Gasteiger partial charge in [0.1, 0.15) is 5.82 Å². The van der Waals surface area contributed by atoms with Crippen molar-refractivity contribution in [1.82, 2.24) is 0 Å². The normalized spacial score (nSPS) is 10.1. The Labute approximate surface area is 86.7 Å². The molecular formula is C9H11ClFNS. The zero-order valence-electron chi connectivity index (χ0n) is 7.31. The van der Waals surface area contributed by atoms with Crippen LogP contribution in [0.15, 0.2) is 18.2 Å². The minimum atomic E-state index is -0.298. The Bertz CT molecular complexity index is 260. The number of para-hydroxylation sites is 1. The molecule has 4 heteroatoms. The van der Waals surface area contributed by atoms with Crippen molar-refractivity contribution in [2.45, 2.75) is 0 Å². The van der Waals surface area contributed by atoms with Gasteiger partial charge in [-0.05, 0) is 18.4 Å². The van der Waals surface area contributed by atoms with Gasteiger partial charge in [-0.2, -0.15) is 11.8 Å². The molecule has 0 amide bonds. The van der Waals surface area contributed by atoms with Gasteiger partial charge in [-0.1, -0.05) is 17.7 Å². The van der Waals surface area contributed by atoms with E-state index in [9.17, 15) is 4.39 Å². The van der Waals surface area contributed by atoms with E-state index in [0.717, 1.165) is 12.3 Å². The summed E-state index contributed by atoms with van der Waals surface area (Å²) in [7, 11) is 0. The van der Waals surface area contributed by atoms with E-state index in [-0.39, 0.29) is 5.82 Å². The molecule has 0 radical (unpaired) electrons. The lowest BCUT2D eigenvalue weighted by molar-refractivity contribution is 0.630. The summed E-state index contributed by atoms with van der Waals surface area (Å²) >= 11 is 7.50. The first-order chi connectivity index (χ1) is 6.25. The van der Waals surface area contributed by atoms with Crippen LogP contribution in [0.4, 0.5) is 10.1 Å². The van der Waals surface area contributed by atoms with Crippen LogP contribution in [-0.2, 0) is 0 Å². The lowest BCUT2D eigenvalue weighted by atomic mass is 10.3. The fraction of sp³-hybridized carbons (Fsp3) is 0.333. The fourth-order valence-corrected chi connectivity index (χ4v) is 1.48. The number of halogens is 2. The second-order valence-corrected chi connectivity index (χ2v) is 3.91. The Hall–Kier alpha value is -0.410. The first-order valence-corrected chi connectivity index (χ1v) is 5.69. The van der Waals surface area contributed by atoms with Crippen molar-refractivity contribution in [3.8, 4) is 0 Å². The molecule has 0 spiro atoms. The largest absolute Gasteiger partial charge is 0.381 e. The molecule has 0 saturated heterocycles. The Kier molecular flexibility index (Phi) is 4.39. The van der Waals surface area contributed by atoms with Gasteiger partial charge in [0.15, 0.2) is 0 Å². The molecule has 1 nitrogen and oxygen atoms in total. The molecule has 0 heterocycles. The minimum absolute atomic E-state index is 0.298. The summed E-state index contributed by atoms with van der Waals surface area (Å²) in [5, 5.41) is 3.39. The summed E-state index contributed by atoms with van der Waals surface area (Å²) in [5.41, 5.74) is 0.401. The quantitative estimate of drug-likeness (QED) is 0.781. The van der Waals surface area contributed by atoms with E-state index in [2.05, 4.69) is 5.32 Å². The predicted molar refractivity (Wildman–Crippen MR) is 58.3 cm³/mol. The smallest absolute Gasteiger partial charge is 0.147 e. The van der Waals surface area contributed by atoms with Gasteiger partial charge in [0.2, 0.25) is 0 Å². The number of hydrogen-bond donors (Lipinski definition) is 1. The second-order valence-electron chi connectivity index (χ2n) is 2.52. The average Bonchev–Trinajstić information content (AvgIpc) is 2.10. The van der Waals surface area contributed by atoms with Crippen LogP contribution >= 0.6 is 23.4 Å². The standard InChI is InChI=1S/C9H11ClFNS/c1-13-6-5-12-9-7(10)3-2-4-8(9)11/h2-4,12H,5-6H2,1H3. The van der Waals surface area contributed by atoms with E-state index in [4.69, 9.17) is 11.6 Å². The van der Waals surface area contributed by atoms with Crippen LogP contribution in [0, 0.1) is 5.82 Å². The lowest BCUT2D eigenvalue weighted by Crippen LogP contribution is -2.05. The summed E-state index contributed by atoms with van der Waals surface area (Å²) in [6.45, 7) is 0.724. The number of thioether (sulfide) groups is 1. The SMILES string of the molecule is CSCCNc1c(F)cccc1Cl. The van der Waals surface area contributed by atoms with E-state index in [1.54, 1.807) is 23.9 Å². The van der Waals surface area contributed by atoms with Crippen molar-refractivity contribution in [2.75, 3.05) is 23.9 Å². The first kappa shape index (κ1) is 10.7. The molecule has 0 aliphatic rings. The zero-order chi connectivity index (χ0) is 9.68. The molecule has 1 aromatic carbocycles. The molecule has 13 heavy (non-hydrogen) atoms. The van der Waals surface area contributed by atoms with Gasteiger partial charge in [-0.15, -0.1) is 0 Å². The number of anilines is 1. The van der Waals surface area contributed by atoms with Crippen LogP contribution in [0.1, 0.15) is 0 Å². The highest BCUT2D eigenvalue weighted by Crippen LogP contribution is 2.24. The van der Waals surface area contributed by atoms with Crippen LogP contribution < -0.4 is 5.32 Å². The van der Waals surface area contributed by atoms with Gasteiger partial charge in [0.05, 0.1) is 10.7 Å². The molecule has 0 aliphatic heterocycles. The van der Waals surface area contributed by atoms with Gasteiger partial charge >= 0.3 is 0 Å². The van der Waals surface area contributed by atoms with Crippen LogP contribution in [0.2, 0.25) is 5.02 Å². The van der Waals surface area contributed by atoms with E-state index in [0.29, 0.717) is 10.7 Å². The number of nitrogens with one attached hydrogen (secondary N) is 1. The van der Waals surface area contributed by atoms with Gasteiger partial charge in [0.25, 0.3) is 0 Å². The van der Waals surface area contributed by atoms with Crippen molar-refractivity contribution in [3.63, 3.8) is 0 Å². The Morgan fingerprint density at radius 2 is 2.31 bits per heavy atom. The summed E-state index contributed by atoms with van der Waals surface area (Å²) < 4.78 is 13.1. The molecule has 0 aromatic heterocycles.